The van der Waals surface area contributed by atoms with Crippen LogP contribution in [-0.2, 0) is 59.9 Å². The van der Waals surface area contributed by atoms with Crippen LogP contribution < -0.4 is 38.5 Å². The van der Waals surface area contributed by atoms with Crippen LogP contribution in [0.3, 0.4) is 0 Å². The van der Waals surface area contributed by atoms with Crippen LogP contribution in [0, 0.1) is 0 Å². The number of hydrogen-bond donors (Lipinski definition) is 6. The molecule has 4 aromatic heterocycles. The van der Waals surface area contributed by atoms with Crippen LogP contribution in [0.1, 0.15) is 48.7 Å². The Bertz CT molecular complexity index is 3120. The van der Waals surface area contributed by atoms with Crippen molar-refractivity contribution in [1.29, 1.82) is 0 Å². The number of anilines is 2. The first kappa shape index (κ1) is 52.5. The van der Waals surface area contributed by atoms with E-state index in [1.54, 1.807) is 45.6 Å². The lowest BCUT2D eigenvalue weighted by molar-refractivity contribution is -0.155. The number of rotatable bonds is 18. The average Bonchev–Trinajstić information content (AvgIpc) is 3.79. The van der Waals surface area contributed by atoms with Crippen molar-refractivity contribution in [2.24, 2.45) is 11.5 Å². The van der Waals surface area contributed by atoms with Gasteiger partial charge in [-0.25, -0.2) is 9.97 Å². The third-order valence-corrected chi connectivity index (χ3v) is 11.1. The van der Waals surface area contributed by atoms with Gasteiger partial charge in [0.2, 0.25) is 5.91 Å². The lowest BCUT2D eigenvalue weighted by Crippen LogP contribution is -2.34. The van der Waals surface area contributed by atoms with Gasteiger partial charge in [-0.3, -0.25) is 33.3 Å². The Morgan fingerprint density at radius 3 is 1.65 bits per heavy atom. The van der Waals surface area contributed by atoms with E-state index in [1.165, 1.54) is 9.13 Å². The Hall–Kier alpha value is -7.92. The van der Waals surface area contributed by atoms with Crippen molar-refractivity contribution in [3.63, 3.8) is 0 Å². The fourth-order valence-electron chi connectivity index (χ4n) is 7.67. The van der Waals surface area contributed by atoms with Crippen LogP contribution in [0.2, 0.25) is 0 Å². The van der Waals surface area contributed by atoms with Crippen molar-refractivity contribution in [2.75, 3.05) is 23.7 Å². The highest BCUT2D eigenvalue weighted by atomic mass is 35.5. The fraction of sp³-hybridized carbons (Fsp3) is 0.241. The number of hydrogen-bond acceptors (Lipinski definition) is 12. The number of amides is 1. The summed E-state index contributed by atoms with van der Waals surface area (Å²) in [5.41, 5.74) is 18.8. The lowest BCUT2D eigenvalue weighted by Gasteiger charge is -2.21. The number of carbonyl (C=O) groups is 2. The van der Waals surface area contributed by atoms with E-state index in [2.05, 4.69) is 35.9 Å². The number of pyridine rings is 1. The third kappa shape index (κ3) is 14.8. The number of nitrogens with two attached hydrogens (primary N) is 2. The molecule has 71 heavy (non-hydrogen) atoms. The number of nitrogens with zero attached hydrogens (tertiary/aromatic N) is 5. The van der Waals surface area contributed by atoms with E-state index in [0.29, 0.717) is 44.1 Å². The van der Waals surface area contributed by atoms with Crippen LogP contribution in [0.5, 0.6) is 0 Å². The summed E-state index contributed by atoms with van der Waals surface area (Å²) in [5.74, 6) is -0.377. The molecule has 0 radical (unpaired) electrons. The molecule has 4 heterocycles. The molecular weight excluding hydrogens is 918 g/mol. The van der Waals surface area contributed by atoms with Gasteiger partial charge in [-0.2, -0.15) is 0 Å². The van der Waals surface area contributed by atoms with Crippen LogP contribution >= 0.6 is 12.4 Å². The van der Waals surface area contributed by atoms with E-state index in [4.69, 9.17) is 16.2 Å². The molecule has 0 spiro atoms. The van der Waals surface area contributed by atoms with Crippen LogP contribution in [0.25, 0.3) is 33.4 Å². The maximum Gasteiger partial charge on any atom is 0.326 e. The monoisotopic (exact) mass is 977 g/mol. The van der Waals surface area contributed by atoms with Gasteiger partial charge in [-0.05, 0) is 80.1 Å². The molecule has 1 amide bonds. The highest BCUT2D eigenvalue weighted by Gasteiger charge is 2.21. The molecule has 17 heteroatoms. The minimum absolute atomic E-state index is 0. The first-order chi connectivity index (χ1) is 33.9. The number of H-pyrrole nitrogens is 1. The summed E-state index contributed by atoms with van der Waals surface area (Å²) in [4.78, 5) is 68.5. The molecule has 0 aliphatic heterocycles. The summed E-state index contributed by atoms with van der Waals surface area (Å²) in [6.07, 6.45) is 8.19. The topological polar surface area (TPSA) is 230 Å². The van der Waals surface area contributed by atoms with E-state index >= 15 is 0 Å². The quantitative estimate of drug-likeness (QED) is 0.0478. The van der Waals surface area contributed by atoms with Gasteiger partial charge in [-0.1, -0.05) is 97.1 Å². The maximum atomic E-state index is 13.5. The van der Waals surface area contributed by atoms with Gasteiger partial charge in [0, 0.05) is 66.3 Å². The number of aromatic amines is 1. The summed E-state index contributed by atoms with van der Waals surface area (Å²) < 4.78 is 8.31. The first-order valence-corrected chi connectivity index (χ1v) is 23.1. The number of esters is 1. The van der Waals surface area contributed by atoms with Crippen molar-refractivity contribution in [2.45, 2.75) is 71.9 Å². The molecule has 0 saturated carbocycles. The highest BCUT2D eigenvalue weighted by molar-refractivity contribution is 5.85. The van der Waals surface area contributed by atoms with Gasteiger partial charge in [0.05, 0.1) is 30.3 Å². The first-order valence-electron chi connectivity index (χ1n) is 23.1. The predicted molar refractivity (Wildman–Crippen MR) is 282 cm³/mol. The molecule has 0 bridgehead atoms. The van der Waals surface area contributed by atoms with Gasteiger partial charge in [0.25, 0.3) is 11.1 Å². The van der Waals surface area contributed by atoms with Crippen molar-refractivity contribution >= 4 is 46.8 Å². The zero-order valence-corrected chi connectivity index (χ0v) is 40.9. The molecule has 368 valence electrons. The van der Waals surface area contributed by atoms with Crippen molar-refractivity contribution < 1.29 is 14.3 Å². The van der Waals surface area contributed by atoms with E-state index in [1.807, 2.05) is 121 Å². The van der Waals surface area contributed by atoms with Gasteiger partial charge in [-0.15, -0.1) is 12.4 Å². The molecule has 0 aliphatic rings. The molecule has 4 aromatic carbocycles. The van der Waals surface area contributed by atoms with Crippen molar-refractivity contribution in [3.05, 3.63) is 195 Å². The summed E-state index contributed by atoms with van der Waals surface area (Å²) >= 11 is 0. The van der Waals surface area contributed by atoms with Gasteiger partial charge >= 0.3 is 5.97 Å². The molecular formula is C54H60ClN11O5. The van der Waals surface area contributed by atoms with Crippen molar-refractivity contribution in [1.82, 2.24) is 34.4 Å². The number of benzene rings is 4. The van der Waals surface area contributed by atoms with Gasteiger partial charge in [0.15, 0.2) is 11.6 Å². The largest absolute Gasteiger partial charge is 0.459 e. The number of nitrogens with one attached hydrogen (secondary N) is 4. The minimum atomic E-state index is -0.649. The molecule has 8 N–H and O–H groups in total. The highest BCUT2D eigenvalue weighted by Crippen LogP contribution is 2.22. The van der Waals surface area contributed by atoms with E-state index in [0.717, 1.165) is 62.8 Å². The number of halogens is 1. The third-order valence-electron chi connectivity index (χ3n) is 11.1. The molecule has 0 aliphatic carbocycles. The van der Waals surface area contributed by atoms with E-state index in [-0.39, 0.29) is 54.2 Å². The fourth-order valence-corrected chi connectivity index (χ4v) is 7.67. The van der Waals surface area contributed by atoms with E-state index in [9.17, 15) is 19.2 Å². The van der Waals surface area contributed by atoms with Crippen LogP contribution in [0.15, 0.2) is 156 Å². The Balaban J connectivity index is 0.000000233. The molecule has 0 atom stereocenters. The maximum absolute atomic E-state index is 13.5. The Morgan fingerprint density at radius 1 is 0.648 bits per heavy atom. The zero-order chi connectivity index (χ0) is 49.5. The molecule has 0 fully saturated rings. The predicted octanol–water partition coefficient (Wildman–Crippen LogP) is 7.00. The second-order valence-electron chi connectivity index (χ2n) is 17.5. The minimum Gasteiger partial charge on any atom is -0.459 e. The lowest BCUT2D eigenvalue weighted by atomic mass is 10.1. The number of fused-ring (bicyclic) bond motifs is 1. The summed E-state index contributed by atoms with van der Waals surface area (Å²) in [7, 11) is 0. The average molecular weight is 979 g/mol. The molecule has 16 nitrogen and oxygen atoms in total. The smallest absolute Gasteiger partial charge is 0.326 e. The van der Waals surface area contributed by atoms with Gasteiger partial charge in [0.1, 0.15) is 18.7 Å². The number of carbonyl (C=O) groups excluding carboxylic acids is 2. The van der Waals surface area contributed by atoms with Gasteiger partial charge < -0.3 is 37.1 Å². The summed E-state index contributed by atoms with van der Waals surface area (Å²) in [6, 6.07) is 38.9. The number of aromatic nitrogens is 6. The molecule has 0 saturated heterocycles. The normalized spacial score (nSPS) is 10.9. The molecule has 8 aromatic rings. The van der Waals surface area contributed by atoms with Crippen LogP contribution in [-0.4, -0.2) is 59.6 Å². The Labute approximate surface area is 418 Å². The summed E-state index contributed by atoms with van der Waals surface area (Å²) in [5, 5.41) is 10.1. The Kier molecular flexibility index (Phi) is 18.5. The Morgan fingerprint density at radius 2 is 1.15 bits per heavy atom. The second kappa shape index (κ2) is 25.1. The van der Waals surface area contributed by atoms with Crippen molar-refractivity contribution in [3.8, 4) is 22.5 Å². The zero-order valence-electron chi connectivity index (χ0n) is 40.1. The SMILES string of the molecule is CC(C)(C)OC(=O)Cn1c(-c2cccc(CN)c2)cnc(NCCc2ccccc2)c1=O.Cl.NCc1cccc(-c2cnc(NCCc3ccccc3)c(=O)n2CC(=O)NCc2cc3cnccc3[nH]2)c1. The summed E-state index contributed by atoms with van der Waals surface area (Å²) in [6.45, 7) is 7.13. The second-order valence-corrected chi connectivity index (χ2v) is 17.5. The van der Waals surface area contributed by atoms with E-state index < -0.39 is 11.6 Å². The molecule has 0 unspecified atom stereocenters. The number of ether oxygens (including phenoxy) is 1. The van der Waals surface area contributed by atoms with Crippen LogP contribution in [0.4, 0.5) is 11.6 Å². The standard InChI is InChI=1S/C29H29N7O2.C25H30N4O3.ClH/c30-15-21-7-4-8-22(13-21)26-18-34-28(32-12-9-20-5-2-1-3-6-20)29(38)36(26)19-27(37)33-17-24-14-23-16-31-11-10-25(23)35-24;1-25(2,3)32-22(30)17-29-21(20-11-7-10-19(14-20)15-26)16-28-23(24(29)31)27-13-12-18-8-5-4-6-9-18;/h1-8,10-11,13-14,16,18,35H,9,12,15,17,19,30H2,(H,32,34)(H,33,37);4-11,14,16H,12-13,15,17,26H2,1-3H3,(H,27,28);1H. The molecule has 8 rings (SSSR count).